The van der Waals surface area contributed by atoms with E-state index >= 15 is 0 Å². The van der Waals surface area contributed by atoms with Crippen LogP contribution in [0.3, 0.4) is 0 Å². The van der Waals surface area contributed by atoms with Crippen LogP contribution in [0.4, 0.5) is 0 Å². The van der Waals surface area contributed by atoms with Crippen molar-refractivity contribution in [1.29, 1.82) is 0 Å². The second-order valence-corrected chi connectivity index (χ2v) is 4.61. The van der Waals surface area contributed by atoms with Gasteiger partial charge in [-0.3, -0.25) is 4.79 Å². The molecule has 1 amide bonds. The molecule has 22 heavy (non-hydrogen) atoms. The van der Waals surface area contributed by atoms with Crippen molar-refractivity contribution >= 4 is 5.91 Å². The van der Waals surface area contributed by atoms with Crippen LogP contribution in [0.1, 0.15) is 25.7 Å². The molecule has 0 aliphatic heterocycles. The number of carbonyl (C=O) groups is 1. The van der Waals surface area contributed by atoms with Gasteiger partial charge < -0.3 is 19.3 Å². The number of hydrogen-bond donors (Lipinski definition) is 1. The number of nitrogens with zero attached hydrogens (tertiary/aromatic N) is 2. The maximum absolute atomic E-state index is 11.4. The molecular weight excluding hydrogens is 286 g/mol. The topological polar surface area (TPSA) is 86.5 Å². The number of hydrogen-bond acceptors (Lipinski definition) is 6. The molecule has 7 nitrogen and oxygen atoms in total. The van der Waals surface area contributed by atoms with Crippen LogP contribution in [0.25, 0.3) is 11.4 Å². The lowest BCUT2D eigenvalue weighted by Crippen LogP contribution is -2.22. The van der Waals surface area contributed by atoms with E-state index in [0.29, 0.717) is 29.6 Å². The summed E-state index contributed by atoms with van der Waals surface area (Å²) < 4.78 is 15.6. The SMILES string of the molecule is CCCC(=O)NCc1nc(-c2ccc(OC)c(OC)c2)no1. The summed E-state index contributed by atoms with van der Waals surface area (Å²) in [4.78, 5) is 15.7. The van der Waals surface area contributed by atoms with E-state index in [1.807, 2.05) is 13.0 Å². The molecule has 0 aliphatic rings. The van der Waals surface area contributed by atoms with E-state index in [-0.39, 0.29) is 12.5 Å². The summed E-state index contributed by atoms with van der Waals surface area (Å²) in [5.74, 6) is 1.97. The summed E-state index contributed by atoms with van der Waals surface area (Å²) >= 11 is 0. The highest BCUT2D eigenvalue weighted by atomic mass is 16.5. The van der Waals surface area contributed by atoms with E-state index in [2.05, 4.69) is 15.5 Å². The Labute approximate surface area is 128 Å². The van der Waals surface area contributed by atoms with Crippen molar-refractivity contribution in [3.63, 3.8) is 0 Å². The lowest BCUT2D eigenvalue weighted by atomic mass is 10.2. The number of amides is 1. The Kier molecular flexibility index (Phi) is 5.35. The summed E-state index contributed by atoms with van der Waals surface area (Å²) in [6.45, 7) is 2.17. The summed E-state index contributed by atoms with van der Waals surface area (Å²) in [5.41, 5.74) is 0.743. The molecule has 0 bridgehead atoms. The third kappa shape index (κ3) is 3.75. The third-order valence-electron chi connectivity index (χ3n) is 3.02. The lowest BCUT2D eigenvalue weighted by molar-refractivity contribution is -0.121. The Bertz CT molecular complexity index is 639. The number of ether oxygens (including phenoxy) is 2. The molecule has 0 atom stereocenters. The maximum atomic E-state index is 11.4. The summed E-state index contributed by atoms with van der Waals surface area (Å²) in [7, 11) is 3.13. The van der Waals surface area contributed by atoms with Crippen molar-refractivity contribution < 1.29 is 18.8 Å². The van der Waals surface area contributed by atoms with E-state index in [9.17, 15) is 4.79 Å². The van der Waals surface area contributed by atoms with Gasteiger partial charge in [0, 0.05) is 12.0 Å². The zero-order valence-corrected chi connectivity index (χ0v) is 12.9. The van der Waals surface area contributed by atoms with Crippen molar-refractivity contribution in [2.75, 3.05) is 14.2 Å². The van der Waals surface area contributed by atoms with Crippen LogP contribution < -0.4 is 14.8 Å². The number of carbonyl (C=O) groups excluding carboxylic acids is 1. The van der Waals surface area contributed by atoms with Gasteiger partial charge in [-0.1, -0.05) is 12.1 Å². The third-order valence-corrected chi connectivity index (χ3v) is 3.02. The Hall–Kier alpha value is -2.57. The fraction of sp³-hybridized carbons (Fsp3) is 0.400. The highest BCUT2D eigenvalue weighted by molar-refractivity contribution is 5.75. The molecule has 0 saturated carbocycles. The zero-order valence-electron chi connectivity index (χ0n) is 12.9. The van der Waals surface area contributed by atoms with Gasteiger partial charge in [0.05, 0.1) is 20.8 Å². The maximum Gasteiger partial charge on any atom is 0.246 e. The lowest BCUT2D eigenvalue weighted by Gasteiger charge is -2.07. The monoisotopic (exact) mass is 305 g/mol. The van der Waals surface area contributed by atoms with Crippen molar-refractivity contribution in [2.24, 2.45) is 0 Å². The summed E-state index contributed by atoms with van der Waals surface area (Å²) in [5, 5.41) is 6.63. The summed E-state index contributed by atoms with van der Waals surface area (Å²) in [6.07, 6.45) is 1.28. The average Bonchev–Trinajstić information content (AvgIpc) is 3.01. The molecule has 0 saturated heterocycles. The molecule has 1 aromatic heterocycles. The first-order valence-electron chi connectivity index (χ1n) is 6.99. The van der Waals surface area contributed by atoms with E-state index in [1.165, 1.54) is 0 Å². The van der Waals surface area contributed by atoms with Gasteiger partial charge in [-0.15, -0.1) is 0 Å². The van der Waals surface area contributed by atoms with E-state index < -0.39 is 0 Å². The predicted molar refractivity (Wildman–Crippen MR) is 79.6 cm³/mol. The van der Waals surface area contributed by atoms with Crippen molar-refractivity contribution in [3.8, 4) is 22.9 Å². The van der Waals surface area contributed by atoms with Crippen molar-refractivity contribution in [3.05, 3.63) is 24.1 Å². The molecule has 0 aliphatic carbocycles. The van der Waals surface area contributed by atoms with Crippen LogP contribution in [0.15, 0.2) is 22.7 Å². The van der Waals surface area contributed by atoms with Crippen molar-refractivity contribution in [1.82, 2.24) is 15.5 Å². The van der Waals surface area contributed by atoms with E-state index in [1.54, 1.807) is 26.4 Å². The Morgan fingerprint density at radius 2 is 2.05 bits per heavy atom. The normalized spacial score (nSPS) is 10.3. The number of rotatable bonds is 7. The van der Waals surface area contributed by atoms with E-state index in [4.69, 9.17) is 14.0 Å². The van der Waals surface area contributed by atoms with Gasteiger partial charge in [-0.25, -0.2) is 0 Å². The van der Waals surface area contributed by atoms with Crippen LogP contribution in [0.2, 0.25) is 0 Å². The fourth-order valence-electron chi connectivity index (χ4n) is 1.91. The number of benzene rings is 1. The van der Waals surface area contributed by atoms with Gasteiger partial charge in [0.2, 0.25) is 17.6 Å². The van der Waals surface area contributed by atoms with Crippen molar-refractivity contribution in [2.45, 2.75) is 26.3 Å². The van der Waals surface area contributed by atoms with Gasteiger partial charge in [0.25, 0.3) is 0 Å². The Morgan fingerprint density at radius 1 is 1.27 bits per heavy atom. The van der Waals surface area contributed by atoms with Crippen LogP contribution in [0.5, 0.6) is 11.5 Å². The van der Waals surface area contributed by atoms with Crippen LogP contribution >= 0.6 is 0 Å². The van der Waals surface area contributed by atoms with Gasteiger partial charge in [0.15, 0.2) is 11.5 Å². The average molecular weight is 305 g/mol. The molecule has 0 radical (unpaired) electrons. The molecule has 118 valence electrons. The van der Waals surface area contributed by atoms with Gasteiger partial charge in [-0.05, 0) is 24.6 Å². The molecule has 0 fully saturated rings. The molecule has 1 aromatic carbocycles. The highest BCUT2D eigenvalue weighted by Gasteiger charge is 2.12. The first-order chi connectivity index (χ1) is 10.7. The Balaban J connectivity index is 2.09. The minimum atomic E-state index is -0.0339. The quantitative estimate of drug-likeness (QED) is 0.843. The van der Waals surface area contributed by atoms with Gasteiger partial charge in [-0.2, -0.15) is 4.98 Å². The number of methoxy groups -OCH3 is 2. The van der Waals surface area contributed by atoms with Crippen LogP contribution in [-0.2, 0) is 11.3 Å². The highest BCUT2D eigenvalue weighted by Crippen LogP contribution is 2.31. The first kappa shape index (κ1) is 15.8. The molecular formula is C15H19N3O4. The Morgan fingerprint density at radius 3 is 2.73 bits per heavy atom. The fourth-order valence-corrected chi connectivity index (χ4v) is 1.91. The molecule has 1 heterocycles. The van der Waals surface area contributed by atoms with E-state index in [0.717, 1.165) is 12.0 Å². The second-order valence-electron chi connectivity index (χ2n) is 4.61. The molecule has 7 heteroatoms. The molecule has 2 aromatic rings. The second kappa shape index (κ2) is 7.44. The number of nitrogens with one attached hydrogen (secondary N) is 1. The minimum Gasteiger partial charge on any atom is -0.493 e. The standard InChI is InChI=1S/C15H19N3O4/c1-4-5-13(19)16-9-14-17-15(18-22-14)10-6-7-11(20-2)12(8-10)21-3/h6-8H,4-5,9H2,1-3H3,(H,16,19). The molecule has 0 spiro atoms. The predicted octanol–water partition coefficient (Wildman–Crippen LogP) is 2.17. The minimum absolute atomic E-state index is 0.0339. The number of aromatic nitrogens is 2. The first-order valence-corrected chi connectivity index (χ1v) is 6.99. The summed E-state index contributed by atoms with van der Waals surface area (Å²) in [6, 6.07) is 5.35. The smallest absolute Gasteiger partial charge is 0.246 e. The van der Waals surface area contributed by atoms with Crippen LogP contribution in [-0.4, -0.2) is 30.3 Å². The largest absolute Gasteiger partial charge is 0.493 e. The van der Waals surface area contributed by atoms with Gasteiger partial charge in [0.1, 0.15) is 0 Å². The molecule has 2 rings (SSSR count). The molecule has 0 unspecified atom stereocenters. The zero-order chi connectivity index (χ0) is 15.9. The molecule has 1 N–H and O–H groups in total. The van der Waals surface area contributed by atoms with Gasteiger partial charge >= 0.3 is 0 Å². The van der Waals surface area contributed by atoms with Crippen LogP contribution in [0, 0.1) is 0 Å².